The van der Waals surface area contributed by atoms with Crippen LogP contribution in [0.2, 0.25) is 0 Å². The van der Waals surface area contributed by atoms with E-state index in [4.69, 9.17) is 0 Å². The van der Waals surface area contributed by atoms with Gasteiger partial charge >= 0.3 is 12.2 Å². The number of hydrogen-bond donors (Lipinski definition) is 3. The molecular weight excluding hydrogens is 544 g/mol. The van der Waals surface area contributed by atoms with Gasteiger partial charge in [-0.05, 0) is 67.9 Å². The molecule has 4 rings (SSSR count). The Morgan fingerprint density at radius 2 is 1.95 bits per heavy atom. The van der Waals surface area contributed by atoms with Crippen LogP contribution < -0.4 is 16.2 Å². The van der Waals surface area contributed by atoms with Crippen molar-refractivity contribution in [3.8, 4) is 0 Å². The SMILES string of the molecule is COC(=O)NC(CC/C=C/C(=O)N(C)C)C(=O)Nc1cccn(Cc2nc3c(CC4CC4)cccc3n2C(=O)O)c1=O. The number of allylic oxidation sites excluding steroid dienone is 1. The minimum atomic E-state index is -1.22. The number of pyridine rings is 1. The summed E-state index contributed by atoms with van der Waals surface area (Å²) in [7, 11) is 4.38. The third-order valence-corrected chi connectivity index (χ3v) is 6.94. The first-order chi connectivity index (χ1) is 20.1. The number of aromatic nitrogens is 3. The summed E-state index contributed by atoms with van der Waals surface area (Å²) in [5, 5.41) is 15.0. The largest absolute Gasteiger partial charge is 0.464 e. The van der Waals surface area contributed by atoms with Crippen molar-refractivity contribution in [2.75, 3.05) is 26.5 Å². The zero-order valence-corrected chi connectivity index (χ0v) is 23.7. The van der Waals surface area contributed by atoms with E-state index in [-0.39, 0.29) is 36.8 Å². The van der Waals surface area contributed by atoms with Gasteiger partial charge in [-0.2, -0.15) is 0 Å². The number of nitrogens with one attached hydrogen (secondary N) is 2. The Morgan fingerprint density at radius 1 is 1.19 bits per heavy atom. The first-order valence-electron chi connectivity index (χ1n) is 13.5. The van der Waals surface area contributed by atoms with E-state index in [1.54, 1.807) is 32.3 Å². The second kappa shape index (κ2) is 13.1. The van der Waals surface area contributed by atoms with E-state index >= 15 is 0 Å². The Balaban J connectivity index is 1.55. The maximum atomic E-state index is 13.3. The average molecular weight is 579 g/mol. The van der Waals surface area contributed by atoms with Crippen molar-refractivity contribution >= 4 is 40.7 Å². The fourth-order valence-corrected chi connectivity index (χ4v) is 4.52. The van der Waals surface area contributed by atoms with Crippen LogP contribution in [0.15, 0.2) is 53.5 Å². The highest BCUT2D eigenvalue weighted by Crippen LogP contribution is 2.34. The summed E-state index contributed by atoms with van der Waals surface area (Å²) in [5.41, 5.74) is 1.37. The molecule has 0 radical (unpaired) electrons. The second-order valence-electron chi connectivity index (χ2n) is 10.3. The number of methoxy groups -OCH3 is 1. The summed E-state index contributed by atoms with van der Waals surface area (Å²) in [4.78, 5) is 68.2. The summed E-state index contributed by atoms with van der Waals surface area (Å²) in [6.07, 6.45) is 5.89. The molecule has 13 heteroatoms. The second-order valence-corrected chi connectivity index (χ2v) is 10.3. The maximum Gasteiger partial charge on any atom is 0.417 e. The highest BCUT2D eigenvalue weighted by molar-refractivity contribution is 5.96. The van der Waals surface area contributed by atoms with Gasteiger partial charge in [0.2, 0.25) is 11.8 Å². The molecule has 0 spiro atoms. The molecule has 1 atom stereocenters. The van der Waals surface area contributed by atoms with Crippen LogP contribution in [0, 0.1) is 5.92 Å². The molecule has 3 aromatic rings. The van der Waals surface area contributed by atoms with E-state index < -0.39 is 29.7 Å². The average Bonchev–Trinajstić information content (AvgIpc) is 3.69. The van der Waals surface area contributed by atoms with E-state index in [0.717, 1.165) is 36.5 Å². The predicted molar refractivity (Wildman–Crippen MR) is 154 cm³/mol. The van der Waals surface area contributed by atoms with Crippen LogP contribution in [-0.4, -0.2) is 75.4 Å². The van der Waals surface area contributed by atoms with Gasteiger partial charge in [0.15, 0.2) is 0 Å². The number of carboxylic acid groups (broad SMARTS) is 1. The number of carbonyl (C=O) groups is 4. The monoisotopic (exact) mass is 578 g/mol. The summed E-state index contributed by atoms with van der Waals surface area (Å²) in [5.74, 6) is -0.149. The molecule has 1 aromatic carbocycles. The molecule has 2 aromatic heterocycles. The van der Waals surface area contributed by atoms with Crippen LogP contribution >= 0.6 is 0 Å². The molecule has 0 aliphatic heterocycles. The van der Waals surface area contributed by atoms with Gasteiger partial charge in [-0.15, -0.1) is 0 Å². The van der Waals surface area contributed by atoms with Crippen molar-refractivity contribution < 1.29 is 29.0 Å². The van der Waals surface area contributed by atoms with Gasteiger partial charge in [-0.1, -0.05) is 18.2 Å². The number of benzene rings is 1. The summed E-state index contributed by atoms with van der Waals surface area (Å²) in [6.45, 7) is -0.152. The topological polar surface area (TPSA) is 165 Å². The number of anilines is 1. The van der Waals surface area contributed by atoms with Gasteiger partial charge in [0.1, 0.15) is 17.6 Å². The number of hydrogen-bond acceptors (Lipinski definition) is 7. The highest BCUT2D eigenvalue weighted by atomic mass is 16.5. The predicted octanol–water partition coefficient (Wildman–Crippen LogP) is 2.81. The molecule has 13 nitrogen and oxygen atoms in total. The number of alkyl carbamates (subject to hydrolysis) is 1. The van der Waals surface area contributed by atoms with E-state index in [9.17, 15) is 29.1 Å². The molecule has 3 N–H and O–H groups in total. The van der Waals surface area contributed by atoms with Crippen LogP contribution in [0.3, 0.4) is 0 Å². The number of carbonyl (C=O) groups excluding carboxylic acids is 3. The molecule has 0 bridgehead atoms. The van der Waals surface area contributed by atoms with Gasteiger partial charge in [-0.25, -0.2) is 19.1 Å². The van der Waals surface area contributed by atoms with Gasteiger partial charge in [0, 0.05) is 20.3 Å². The Kier molecular flexibility index (Phi) is 9.40. The van der Waals surface area contributed by atoms with E-state index in [0.29, 0.717) is 17.0 Å². The Hall–Kier alpha value is -4.94. The lowest BCUT2D eigenvalue weighted by Gasteiger charge is -2.17. The molecule has 1 unspecified atom stereocenters. The zero-order chi connectivity index (χ0) is 30.4. The lowest BCUT2D eigenvalue weighted by Crippen LogP contribution is -2.44. The maximum absolute atomic E-state index is 13.3. The Bertz CT molecular complexity index is 1580. The van der Waals surface area contributed by atoms with E-state index in [1.807, 2.05) is 12.1 Å². The Morgan fingerprint density at radius 3 is 2.62 bits per heavy atom. The summed E-state index contributed by atoms with van der Waals surface area (Å²) >= 11 is 0. The molecule has 1 fully saturated rings. The molecule has 2 heterocycles. The standard InChI is InChI=1S/C29H34N6O7/c1-33(2)24(36)12-5-4-9-20(31-28(39)42-3)26(37)30-21-10-7-15-34(27(21)38)17-23-32-25-19(16-18-13-14-18)8-6-11-22(25)35(23)29(40)41/h5-8,10-12,15,18,20H,4,9,13-14,16-17H2,1-3H3,(H,30,37)(H,31,39)(H,40,41)/b12-5+. The smallest absolute Gasteiger partial charge is 0.417 e. The lowest BCUT2D eigenvalue weighted by molar-refractivity contribution is -0.123. The number of fused-ring (bicyclic) bond motifs is 1. The number of para-hydroxylation sites is 1. The lowest BCUT2D eigenvalue weighted by atomic mass is 10.1. The van der Waals surface area contributed by atoms with Gasteiger partial charge < -0.3 is 29.9 Å². The first kappa shape index (κ1) is 30.0. The number of nitrogens with zero attached hydrogens (tertiary/aromatic N) is 4. The molecule has 42 heavy (non-hydrogen) atoms. The molecule has 1 aliphatic rings. The van der Waals surface area contributed by atoms with Crippen LogP contribution in [0.1, 0.15) is 37.1 Å². The van der Waals surface area contributed by atoms with Crippen molar-refractivity contribution in [2.45, 2.75) is 44.7 Å². The number of likely N-dealkylation sites (N-methyl/N-ethyl adjacent to an activating group) is 1. The molecular formula is C29H34N6O7. The van der Waals surface area contributed by atoms with Crippen LogP contribution in [0.5, 0.6) is 0 Å². The molecule has 1 saturated carbocycles. The molecule has 222 valence electrons. The minimum absolute atomic E-state index is 0.0649. The fraction of sp³-hybridized carbons (Fsp3) is 0.379. The first-order valence-corrected chi connectivity index (χ1v) is 13.5. The normalized spacial score (nSPS) is 13.6. The van der Waals surface area contributed by atoms with Gasteiger partial charge in [0.25, 0.3) is 5.56 Å². The van der Waals surface area contributed by atoms with E-state index in [2.05, 4.69) is 20.4 Å². The van der Waals surface area contributed by atoms with Crippen molar-refractivity contribution in [3.63, 3.8) is 0 Å². The third kappa shape index (κ3) is 7.22. The third-order valence-electron chi connectivity index (χ3n) is 6.94. The van der Waals surface area contributed by atoms with Gasteiger partial charge in [0.05, 0.1) is 24.7 Å². The van der Waals surface area contributed by atoms with Crippen molar-refractivity contribution in [3.05, 3.63) is 70.4 Å². The van der Waals surface area contributed by atoms with Crippen LogP contribution in [0.4, 0.5) is 15.3 Å². The Labute approximate surface area is 241 Å². The minimum Gasteiger partial charge on any atom is -0.464 e. The summed E-state index contributed by atoms with van der Waals surface area (Å²) in [6, 6.07) is 7.33. The fourth-order valence-electron chi connectivity index (χ4n) is 4.52. The number of ether oxygens (including phenoxy) is 1. The van der Waals surface area contributed by atoms with Gasteiger partial charge in [-0.3, -0.25) is 14.4 Å². The van der Waals surface area contributed by atoms with Crippen LogP contribution in [-0.2, 0) is 27.3 Å². The molecule has 0 saturated heterocycles. The molecule has 1 aliphatic carbocycles. The van der Waals surface area contributed by atoms with E-state index in [1.165, 1.54) is 27.8 Å². The number of rotatable bonds is 11. The van der Waals surface area contributed by atoms with Crippen LogP contribution in [0.25, 0.3) is 11.0 Å². The zero-order valence-electron chi connectivity index (χ0n) is 23.7. The number of amides is 3. The quantitative estimate of drug-likeness (QED) is 0.292. The van der Waals surface area contributed by atoms with Crippen molar-refractivity contribution in [1.82, 2.24) is 24.3 Å². The molecule has 3 amide bonds. The highest BCUT2D eigenvalue weighted by Gasteiger charge is 2.25. The number of imidazole rings is 1. The summed E-state index contributed by atoms with van der Waals surface area (Å²) < 4.78 is 6.96. The van der Waals surface area contributed by atoms with Crippen molar-refractivity contribution in [2.24, 2.45) is 5.92 Å². The van der Waals surface area contributed by atoms with Crippen molar-refractivity contribution in [1.29, 1.82) is 0 Å².